The number of imide groups is 1. The summed E-state index contributed by atoms with van der Waals surface area (Å²) in [5.41, 5.74) is 2.67. The Labute approximate surface area is 225 Å². The molecule has 9 heteroatoms. The normalized spacial score (nSPS) is 13.2. The van der Waals surface area contributed by atoms with Crippen LogP contribution in [0.4, 0.5) is 5.69 Å². The van der Waals surface area contributed by atoms with Crippen LogP contribution in [-0.4, -0.2) is 29.2 Å². The fourth-order valence-electron chi connectivity index (χ4n) is 3.68. The Kier molecular flexibility index (Phi) is 8.48. The molecule has 2 N–H and O–H groups in total. The zero-order valence-corrected chi connectivity index (χ0v) is 21.6. The first-order chi connectivity index (χ1) is 17.9. The number of halogens is 2. The molecule has 3 amide bonds. The molecule has 190 valence electrons. The average molecular weight is 538 g/mol. The number of para-hydroxylation sites is 2. The van der Waals surface area contributed by atoms with E-state index < -0.39 is 11.8 Å². The first kappa shape index (κ1) is 26.3. The van der Waals surface area contributed by atoms with E-state index in [1.807, 2.05) is 25.1 Å². The van der Waals surface area contributed by atoms with Crippen molar-refractivity contribution < 1.29 is 19.1 Å². The van der Waals surface area contributed by atoms with E-state index in [2.05, 4.69) is 10.6 Å². The number of nitrogens with zero attached hydrogens (tertiary/aromatic N) is 1. The van der Waals surface area contributed by atoms with Crippen LogP contribution < -0.4 is 15.4 Å². The molecule has 37 heavy (non-hydrogen) atoms. The Morgan fingerprint density at radius 2 is 1.57 bits per heavy atom. The van der Waals surface area contributed by atoms with Crippen molar-refractivity contribution in [2.75, 3.05) is 11.9 Å². The van der Waals surface area contributed by atoms with Gasteiger partial charge in [-0.2, -0.15) is 0 Å². The fraction of sp³-hybridized carbons (Fsp3) is 0.179. The standard InChI is InChI=1S/C28H25Cl2N3O4/c1-2-15-37-23-6-4-3-5-22(23)32-26(34)20-11-7-18(8-12-20)16-31-25-24(30)27(35)33(28(25)36)17-19-9-13-21(29)14-10-19/h3-14,31H,2,15-17H2,1H3,(H,32,34). The maximum Gasteiger partial charge on any atom is 0.278 e. The minimum absolute atomic E-state index is 0.0473. The van der Waals surface area contributed by atoms with Crippen LogP contribution in [0.5, 0.6) is 5.75 Å². The third kappa shape index (κ3) is 6.31. The van der Waals surface area contributed by atoms with Crippen LogP contribution in [0.3, 0.4) is 0 Å². The summed E-state index contributed by atoms with van der Waals surface area (Å²) in [4.78, 5) is 39.2. The van der Waals surface area contributed by atoms with Gasteiger partial charge in [0.2, 0.25) is 0 Å². The van der Waals surface area contributed by atoms with E-state index in [1.165, 1.54) is 0 Å². The largest absolute Gasteiger partial charge is 0.491 e. The van der Waals surface area contributed by atoms with Gasteiger partial charge >= 0.3 is 0 Å². The highest BCUT2D eigenvalue weighted by molar-refractivity contribution is 6.47. The van der Waals surface area contributed by atoms with Crippen LogP contribution in [0.25, 0.3) is 0 Å². The topological polar surface area (TPSA) is 87.7 Å². The number of hydrogen-bond acceptors (Lipinski definition) is 5. The molecule has 0 bridgehead atoms. The lowest BCUT2D eigenvalue weighted by Crippen LogP contribution is -2.33. The van der Waals surface area contributed by atoms with E-state index >= 15 is 0 Å². The van der Waals surface area contributed by atoms with Crippen LogP contribution in [0.1, 0.15) is 34.8 Å². The molecule has 0 aromatic heterocycles. The monoisotopic (exact) mass is 537 g/mol. The van der Waals surface area contributed by atoms with Crippen LogP contribution in [-0.2, 0) is 22.7 Å². The summed E-state index contributed by atoms with van der Waals surface area (Å²) in [6, 6.07) is 21.1. The zero-order chi connectivity index (χ0) is 26.4. The molecule has 4 rings (SSSR count). The highest BCUT2D eigenvalue weighted by Crippen LogP contribution is 2.26. The van der Waals surface area contributed by atoms with Gasteiger partial charge in [-0.05, 0) is 53.9 Å². The number of amides is 3. The number of carbonyl (C=O) groups excluding carboxylic acids is 3. The lowest BCUT2D eigenvalue weighted by Gasteiger charge is -2.15. The Bertz CT molecular complexity index is 1340. The van der Waals surface area contributed by atoms with E-state index in [9.17, 15) is 14.4 Å². The van der Waals surface area contributed by atoms with Gasteiger partial charge in [0.15, 0.2) is 0 Å². The highest BCUT2D eigenvalue weighted by atomic mass is 35.5. The summed E-state index contributed by atoms with van der Waals surface area (Å²) in [7, 11) is 0. The van der Waals surface area contributed by atoms with Gasteiger partial charge in [-0.1, -0.05) is 66.5 Å². The lowest BCUT2D eigenvalue weighted by atomic mass is 10.1. The van der Waals surface area contributed by atoms with Crippen LogP contribution in [0, 0.1) is 0 Å². The molecule has 3 aromatic rings. The molecule has 0 saturated carbocycles. The minimum atomic E-state index is -0.556. The second-order valence-electron chi connectivity index (χ2n) is 8.36. The summed E-state index contributed by atoms with van der Waals surface area (Å²) in [5, 5.41) is 6.25. The van der Waals surface area contributed by atoms with E-state index in [1.54, 1.807) is 54.6 Å². The number of rotatable bonds is 10. The number of carbonyl (C=O) groups is 3. The van der Waals surface area contributed by atoms with E-state index in [-0.39, 0.29) is 29.7 Å². The van der Waals surface area contributed by atoms with Crippen molar-refractivity contribution in [1.82, 2.24) is 10.2 Å². The number of nitrogens with one attached hydrogen (secondary N) is 2. The molecule has 7 nitrogen and oxygen atoms in total. The second kappa shape index (κ2) is 12.0. The van der Waals surface area contributed by atoms with E-state index in [0.717, 1.165) is 22.4 Å². The second-order valence-corrected chi connectivity index (χ2v) is 9.18. The molecule has 0 spiro atoms. The highest BCUT2D eigenvalue weighted by Gasteiger charge is 2.37. The summed E-state index contributed by atoms with van der Waals surface area (Å²) < 4.78 is 5.69. The van der Waals surface area contributed by atoms with Gasteiger partial charge in [-0.15, -0.1) is 0 Å². The van der Waals surface area contributed by atoms with Gasteiger partial charge < -0.3 is 15.4 Å². The Morgan fingerprint density at radius 1 is 0.892 bits per heavy atom. The lowest BCUT2D eigenvalue weighted by molar-refractivity contribution is -0.138. The molecule has 0 aliphatic carbocycles. The summed E-state index contributed by atoms with van der Waals surface area (Å²) in [6.45, 7) is 2.91. The Hall–Kier alpha value is -3.81. The van der Waals surface area contributed by atoms with E-state index in [0.29, 0.717) is 28.6 Å². The summed E-state index contributed by atoms with van der Waals surface area (Å²) >= 11 is 12.1. The van der Waals surface area contributed by atoms with Gasteiger partial charge in [-0.3, -0.25) is 19.3 Å². The molecule has 3 aromatic carbocycles. The van der Waals surface area contributed by atoms with Crippen molar-refractivity contribution in [3.05, 3.63) is 105 Å². The molecule has 0 unspecified atom stereocenters. The van der Waals surface area contributed by atoms with Crippen molar-refractivity contribution in [2.45, 2.75) is 26.4 Å². The number of ether oxygens (including phenoxy) is 1. The van der Waals surface area contributed by atoms with Crippen LogP contribution >= 0.6 is 23.2 Å². The van der Waals surface area contributed by atoms with Crippen molar-refractivity contribution in [1.29, 1.82) is 0 Å². The average Bonchev–Trinajstić information content (AvgIpc) is 3.11. The molecule has 0 radical (unpaired) electrons. The predicted molar refractivity (Wildman–Crippen MR) is 143 cm³/mol. The van der Waals surface area contributed by atoms with E-state index in [4.69, 9.17) is 27.9 Å². The van der Waals surface area contributed by atoms with Crippen LogP contribution in [0.15, 0.2) is 83.5 Å². The molecule has 1 aliphatic rings. The van der Waals surface area contributed by atoms with Gasteiger partial charge in [-0.25, -0.2) is 0 Å². The van der Waals surface area contributed by atoms with Gasteiger partial charge in [0.25, 0.3) is 17.7 Å². The smallest absolute Gasteiger partial charge is 0.278 e. The van der Waals surface area contributed by atoms with Gasteiger partial charge in [0.1, 0.15) is 16.5 Å². The zero-order valence-electron chi connectivity index (χ0n) is 20.1. The maximum atomic E-state index is 12.8. The van der Waals surface area contributed by atoms with Gasteiger partial charge in [0.05, 0.1) is 18.8 Å². The first-order valence-electron chi connectivity index (χ1n) is 11.7. The molecule has 0 atom stereocenters. The van der Waals surface area contributed by atoms with Crippen molar-refractivity contribution in [3.8, 4) is 5.75 Å². The number of hydrogen-bond donors (Lipinski definition) is 2. The quantitative estimate of drug-likeness (QED) is 0.334. The third-order valence-corrected chi connectivity index (χ3v) is 6.25. The van der Waals surface area contributed by atoms with Gasteiger partial charge in [0, 0.05) is 17.1 Å². The number of anilines is 1. The number of benzene rings is 3. The van der Waals surface area contributed by atoms with Crippen molar-refractivity contribution in [2.24, 2.45) is 0 Å². The molecular formula is C28H25Cl2N3O4. The predicted octanol–water partition coefficient (Wildman–Crippen LogP) is 5.49. The molecule has 0 fully saturated rings. The molecular weight excluding hydrogens is 513 g/mol. The van der Waals surface area contributed by atoms with Crippen LogP contribution in [0.2, 0.25) is 5.02 Å². The molecule has 1 aliphatic heterocycles. The molecule has 0 saturated heterocycles. The summed E-state index contributed by atoms with van der Waals surface area (Å²) in [5.74, 6) is -0.707. The molecule has 1 heterocycles. The fourth-order valence-corrected chi connectivity index (χ4v) is 4.06. The minimum Gasteiger partial charge on any atom is -0.491 e. The maximum absolute atomic E-state index is 12.8. The SMILES string of the molecule is CCCOc1ccccc1NC(=O)c1ccc(CNC2=C(Cl)C(=O)N(Cc3ccc(Cl)cc3)C2=O)cc1. The third-order valence-electron chi connectivity index (χ3n) is 5.65. The Balaban J connectivity index is 1.36. The van der Waals surface area contributed by atoms with Crippen molar-refractivity contribution in [3.63, 3.8) is 0 Å². The first-order valence-corrected chi connectivity index (χ1v) is 12.5. The summed E-state index contributed by atoms with van der Waals surface area (Å²) in [6.07, 6.45) is 0.861. The van der Waals surface area contributed by atoms with Crippen molar-refractivity contribution >= 4 is 46.6 Å². The Morgan fingerprint density at radius 3 is 2.27 bits per heavy atom.